The van der Waals surface area contributed by atoms with Crippen LogP contribution in [0.15, 0.2) is 24.3 Å². The summed E-state index contributed by atoms with van der Waals surface area (Å²) in [4.78, 5) is 11.9. The SMILES string of the molecule is CC(NC(=O)Cc1ccccc1F)C1CCCNC1.Cl. The van der Waals surface area contributed by atoms with Gasteiger partial charge < -0.3 is 10.6 Å². The number of nitrogens with one attached hydrogen (secondary N) is 2. The van der Waals surface area contributed by atoms with Crippen LogP contribution in [0.1, 0.15) is 25.3 Å². The van der Waals surface area contributed by atoms with Crippen LogP contribution >= 0.6 is 12.4 Å². The van der Waals surface area contributed by atoms with E-state index in [0.29, 0.717) is 11.5 Å². The Morgan fingerprint density at radius 1 is 1.50 bits per heavy atom. The van der Waals surface area contributed by atoms with Crippen LogP contribution in [0.2, 0.25) is 0 Å². The number of benzene rings is 1. The number of hydrogen-bond donors (Lipinski definition) is 2. The highest BCUT2D eigenvalue weighted by Crippen LogP contribution is 2.14. The van der Waals surface area contributed by atoms with Crippen LogP contribution in [-0.4, -0.2) is 25.0 Å². The van der Waals surface area contributed by atoms with Gasteiger partial charge in [-0.05, 0) is 50.4 Å². The standard InChI is InChI=1S/C15H21FN2O.ClH/c1-11(13-6-4-8-17-10-13)18-15(19)9-12-5-2-3-7-14(12)16;/h2-3,5,7,11,13,17H,4,6,8-10H2,1H3,(H,18,19);1H. The average molecular weight is 301 g/mol. The van der Waals surface area contributed by atoms with Gasteiger partial charge in [-0.25, -0.2) is 4.39 Å². The molecule has 2 rings (SSSR count). The van der Waals surface area contributed by atoms with E-state index in [2.05, 4.69) is 10.6 Å². The highest BCUT2D eigenvalue weighted by molar-refractivity contribution is 5.85. The maximum atomic E-state index is 13.5. The van der Waals surface area contributed by atoms with Crippen LogP contribution in [-0.2, 0) is 11.2 Å². The van der Waals surface area contributed by atoms with Gasteiger partial charge in [0.1, 0.15) is 5.82 Å². The summed E-state index contributed by atoms with van der Waals surface area (Å²) in [5.74, 6) is 0.0473. The molecule has 112 valence electrons. The van der Waals surface area contributed by atoms with E-state index in [1.165, 1.54) is 6.07 Å². The van der Waals surface area contributed by atoms with Gasteiger partial charge in [0.2, 0.25) is 5.91 Å². The number of carbonyl (C=O) groups is 1. The van der Waals surface area contributed by atoms with E-state index in [1.54, 1.807) is 18.2 Å². The molecule has 0 aromatic heterocycles. The van der Waals surface area contributed by atoms with Crippen molar-refractivity contribution in [1.29, 1.82) is 0 Å². The Balaban J connectivity index is 0.00000200. The van der Waals surface area contributed by atoms with Crippen LogP contribution in [0, 0.1) is 11.7 Å². The highest BCUT2D eigenvalue weighted by atomic mass is 35.5. The molecule has 2 unspecified atom stereocenters. The van der Waals surface area contributed by atoms with E-state index < -0.39 is 0 Å². The lowest BCUT2D eigenvalue weighted by Crippen LogP contribution is -2.45. The van der Waals surface area contributed by atoms with Crippen molar-refractivity contribution in [2.45, 2.75) is 32.2 Å². The minimum Gasteiger partial charge on any atom is -0.353 e. The van der Waals surface area contributed by atoms with E-state index in [0.717, 1.165) is 25.9 Å². The molecule has 1 amide bonds. The molecule has 1 aliphatic heterocycles. The summed E-state index contributed by atoms with van der Waals surface area (Å²) in [5, 5.41) is 6.32. The third-order valence-corrected chi connectivity index (χ3v) is 3.74. The van der Waals surface area contributed by atoms with Crippen LogP contribution in [0.4, 0.5) is 4.39 Å². The minimum atomic E-state index is -0.315. The fraction of sp³-hybridized carbons (Fsp3) is 0.533. The summed E-state index contributed by atoms with van der Waals surface area (Å²) in [7, 11) is 0. The molecule has 1 aromatic rings. The molecular formula is C15H22ClFN2O. The molecule has 1 aromatic carbocycles. The molecule has 0 bridgehead atoms. The van der Waals surface area contributed by atoms with Gasteiger partial charge in [0.05, 0.1) is 6.42 Å². The van der Waals surface area contributed by atoms with Crippen molar-refractivity contribution in [3.05, 3.63) is 35.6 Å². The molecule has 1 fully saturated rings. The third kappa shape index (κ3) is 4.76. The first kappa shape index (κ1) is 16.9. The molecule has 2 atom stereocenters. The zero-order valence-corrected chi connectivity index (χ0v) is 12.5. The predicted octanol–water partition coefficient (Wildman–Crippen LogP) is 2.29. The summed E-state index contributed by atoms with van der Waals surface area (Å²) in [5.41, 5.74) is 0.453. The molecular weight excluding hydrogens is 279 g/mol. The molecule has 0 radical (unpaired) electrons. The maximum absolute atomic E-state index is 13.5. The second kappa shape index (κ2) is 8.22. The van der Waals surface area contributed by atoms with Gasteiger partial charge in [0, 0.05) is 6.04 Å². The molecule has 3 nitrogen and oxygen atoms in total. The summed E-state index contributed by atoms with van der Waals surface area (Å²) < 4.78 is 13.5. The molecule has 2 N–H and O–H groups in total. The largest absolute Gasteiger partial charge is 0.353 e. The first-order valence-corrected chi connectivity index (χ1v) is 6.90. The van der Waals surface area contributed by atoms with Gasteiger partial charge in [0.25, 0.3) is 0 Å². The van der Waals surface area contributed by atoms with Gasteiger partial charge in [-0.2, -0.15) is 0 Å². The monoisotopic (exact) mass is 300 g/mol. The first-order chi connectivity index (χ1) is 9.16. The Kier molecular flexibility index (Phi) is 6.96. The first-order valence-electron chi connectivity index (χ1n) is 6.90. The molecule has 1 heterocycles. The Morgan fingerprint density at radius 2 is 2.25 bits per heavy atom. The highest BCUT2D eigenvalue weighted by Gasteiger charge is 2.21. The lowest BCUT2D eigenvalue weighted by atomic mass is 9.92. The van der Waals surface area contributed by atoms with Gasteiger partial charge in [-0.1, -0.05) is 18.2 Å². The van der Waals surface area contributed by atoms with Crippen LogP contribution in [0.5, 0.6) is 0 Å². The average Bonchev–Trinajstić information content (AvgIpc) is 2.42. The van der Waals surface area contributed by atoms with Crippen LogP contribution in [0.25, 0.3) is 0 Å². The molecule has 0 saturated carbocycles. The lowest BCUT2D eigenvalue weighted by Gasteiger charge is -2.29. The number of amides is 1. The molecule has 1 aliphatic rings. The number of hydrogen-bond acceptors (Lipinski definition) is 2. The Morgan fingerprint density at radius 3 is 2.90 bits per heavy atom. The van der Waals surface area contributed by atoms with Gasteiger partial charge >= 0.3 is 0 Å². The van der Waals surface area contributed by atoms with Crippen molar-refractivity contribution < 1.29 is 9.18 Å². The Labute approximate surface area is 125 Å². The quantitative estimate of drug-likeness (QED) is 0.896. The predicted molar refractivity (Wildman–Crippen MR) is 80.6 cm³/mol. The summed E-state index contributed by atoms with van der Waals surface area (Å²) >= 11 is 0. The van der Waals surface area contributed by atoms with Crippen molar-refractivity contribution in [2.24, 2.45) is 5.92 Å². The van der Waals surface area contributed by atoms with E-state index >= 15 is 0 Å². The van der Waals surface area contributed by atoms with Crippen molar-refractivity contribution in [2.75, 3.05) is 13.1 Å². The van der Waals surface area contributed by atoms with E-state index in [-0.39, 0.29) is 36.6 Å². The minimum absolute atomic E-state index is 0. The number of carbonyl (C=O) groups excluding carboxylic acids is 1. The number of piperidine rings is 1. The summed E-state index contributed by atoms with van der Waals surface area (Å²) in [6, 6.07) is 6.55. The lowest BCUT2D eigenvalue weighted by molar-refractivity contribution is -0.121. The van der Waals surface area contributed by atoms with E-state index in [9.17, 15) is 9.18 Å². The van der Waals surface area contributed by atoms with Crippen LogP contribution in [0.3, 0.4) is 0 Å². The molecule has 0 spiro atoms. The topological polar surface area (TPSA) is 41.1 Å². The van der Waals surface area contributed by atoms with Gasteiger partial charge in [-0.15, -0.1) is 12.4 Å². The van der Waals surface area contributed by atoms with E-state index in [4.69, 9.17) is 0 Å². The Bertz CT molecular complexity index is 436. The number of rotatable bonds is 4. The second-order valence-electron chi connectivity index (χ2n) is 5.23. The normalized spacial score (nSPS) is 19.8. The van der Waals surface area contributed by atoms with E-state index in [1.807, 2.05) is 6.92 Å². The molecule has 1 saturated heterocycles. The molecule has 5 heteroatoms. The summed E-state index contributed by atoms with van der Waals surface area (Å²) in [6.45, 7) is 4.03. The maximum Gasteiger partial charge on any atom is 0.224 e. The number of halogens is 2. The van der Waals surface area contributed by atoms with Crippen molar-refractivity contribution in [1.82, 2.24) is 10.6 Å². The van der Waals surface area contributed by atoms with Gasteiger partial charge in [-0.3, -0.25) is 4.79 Å². The smallest absolute Gasteiger partial charge is 0.224 e. The molecule has 20 heavy (non-hydrogen) atoms. The van der Waals surface area contributed by atoms with Crippen molar-refractivity contribution >= 4 is 18.3 Å². The van der Waals surface area contributed by atoms with Gasteiger partial charge in [0.15, 0.2) is 0 Å². The fourth-order valence-corrected chi connectivity index (χ4v) is 2.54. The van der Waals surface area contributed by atoms with Crippen molar-refractivity contribution in [3.8, 4) is 0 Å². The second-order valence-corrected chi connectivity index (χ2v) is 5.23. The molecule has 0 aliphatic carbocycles. The zero-order valence-electron chi connectivity index (χ0n) is 11.7. The van der Waals surface area contributed by atoms with Crippen LogP contribution < -0.4 is 10.6 Å². The van der Waals surface area contributed by atoms with Crippen molar-refractivity contribution in [3.63, 3.8) is 0 Å². The summed E-state index contributed by atoms with van der Waals surface area (Å²) in [6.07, 6.45) is 2.39. The zero-order chi connectivity index (χ0) is 13.7. The fourth-order valence-electron chi connectivity index (χ4n) is 2.54. The Hall–Kier alpha value is -1.13. The third-order valence-electron chi connectivity index (χ3n) is 3.74.